The van der Waals surface area contributed by atoms with E-state index in [1.807, 2.05) is 13.8 Å². The number of carboxylic acid groups (broad SMARTS) is 1. The maximum atomic E-state index is 10.9. The Hall–Kier alpha value is -0.840. The fourth-order valence-corrected chi connectivity index (χ4v) is 1.58. The lowest BCUT2D eigenvalue weighted by atomic mass is 10.1. The summed E-state index contributed by atoms with van der Waals surface area (Å²) in [5, 5.41) is 13.0. The molecule has 4 nitrogen and oxygen atoms in total. The molecule has 0 fully saturated rings. The van der Waals surface area contributed by atoms with E-state index in [9.17, 15) is 4.79 Å². The Balaban J connectivity index is 3.35. The summed E-state index contributed by atoms with van der Waals surface area (Å²) in [5.41, 5.74) is 0.874. The number of halogens is 1. The van der Waals surface area contributed by atoms with Crippen molar-refractivity contribution >= 4 is 21.9 Å². The van der Waals surface area contributed by atoms with Crippen LogP contribution in [-0.4, -0.2) is 20.9 Å². The Morgan fingerprint density at radius 3 is 2.46 bits per heavy atom. The van der Waals surface area contributed by atoms with E-state index in [-0.39, 0.29) is 11.5 Å². The molecule has 0 aliphatic rings. The average molecular weight is 247 g/mol. The highest BCUT2D eigenvalue weighted by Crippen LogP contribution is 2.25. The van der Waals surface area contributed by atoms with Crippen molar-refractivity contribution < 1.29 is 9.90 Å². The molecule has 13 heavy (non-hydrogen) atoms. The number of rotatable bonds is 2. The first-order chi connectivity index (χ1) is 5.95. The Kier molecular flexibility index (Phi) is 2.75. The van der Waals surface area contributed by atoms with Gasteiger partial charge in [-0.25, -0.2) is 4.79 Å². The number of hydrogen-bond donors (Lipinski definition) is 1. The van der Waals surface area contributed by atoms with Crippen LogP contribution in [-0.2, 0) is 7.05 Å². The molecule has 0 aromatic carbocycles. The van der Waals surface area contributed by atoms with Gasteiger partial charge in [0.05, 0.1) is 5.69 Å². The van der Waals surface area contributed by atoms with Crippen LogP contribution in [0.25, 0.3) is 0 Å². The third-order valence-corrected chi connectivity index (χ3v) is 2.67. The predicted molar refractivity (Wildman–Crippen MR) is 52.0 cm³/mol. The van der Waals surface area contributed by atoms with Crippen LogP contribution in [0, 0.1) is 0 Å². The van der Waals surface area contributed by atoms with Crippen LogP contribution in [0.5, 0.6) is 0 Å². The molecule has 0 amide bonds. The van der Waals surface area contributed by atoms with Gasteiger partial charge in [-0.05, 0) is 21.8 Å². The second-order valence-electron chi connectivity index (χ2n) is 3.13. The van der Waals surface area contributed by atoms with Crippen molar-refractivity contribution in [2.75, 3.05) is 0 Å². The first kappa shape index (κ1) is 10.2. The number of carboxylic acids is 1. The minimum atomic E-state index is -0.941. The van der Waals surface area contributed by atoms with E-state index in [0.29, 0.717) is 10.3 Å². The molecule has 0 saturated heterocycles. The normalized spacial score (nSPS) is 10.8. The zero-order chi connectivity index (χ0) is 10.2. The number of nitrogens with zero attached hydrogens (tertiary/aromatic N) is 2. The molecule has 0 spiro atoms. The number of aromatic nitrogens is 2. The molecular formula is C8H11BrN2O2. The molecule has 0 radical (unpaired) electrons. The van der Waals surface area contributed by atoms with Crippen LogP contribution in [0.2, 0.25) is 0 Å². The lowest BCUT2D eigenvalue weighted by molar-refractivity contribution is 0.0694. The Bertz CT molecular complexity index is 344. The summed E-state index contributed by atoms with van der Waals surface area (Å²) in [6.07, 6.45) is 0. The molecule has 0 atom stereocenters. The van der Waals surface area contributed by atoms with Gasteiger partial charge in [-0.2, -0.15) is 5.10 Å². The zero-order valence-electron chi connectivity index (χ0n) is 7.71. The van der Waals surface area contributed by atoms with Gasteiger partial charge < -0.3 is 5.11 Å². The molecule has 1 heterocycles. The minimum absolute atomic E-state index is 0.114. The van der Waals surface area contributed by atoms with Crippen molar-refractivity contribution in [3.63, 3.8) is 0 Å². The molecule has 1 N–H and O–H groups in total. The number of aryl methyl sites for hydroxylation is 1. The zero-order valence-corrected chi connectivity index (χ0v) is 9.29. The smallest absolute Gasteiger partial charge is 0.340 e. The Labute approximate surface area is 84.7 Å². The van der Waals surface area contributed by atoms with Crippen LogP contribution in [0.4, 0.5) is 0 Å². The maximum absolute atomic E-state index is 10.9. The fraction of sp³-hybridized carbons (Fsp3) is 0.500. The molecule has 1 aromatic rings. The first-order valence-electron chi connectivity index (χ1n) is 3.90. The van der Waals surface area contributed by atoms with Gasteiger partial charge in [0.15, 0.2) is 0 Å². The van der Waals surface area contributed by atoms with Crippen LogP contribution in [0.3, 0.4) is 0 Å². The van der Waals surface area contributed by atoms with E-state index in [1.54, 1.807) is 7.05 Å². The highest BCUT2D eigenvalue weighted by molar-refractivity contribution is 9.10. The van der Waals surface area contributed by atoms with E-state index >= 15 is 0 Å². The van der Waals surface area contributed by atoms with Gasteiger partial charge in [-0.1, -0.05) is 13.8 Å². The van der Waals surface area contributed by atoms with Crippen LogP contribution < -0.4 is 0 Å². The molecule has 0 bridgehead atoms. The van der Waals surface area contributed by atoms with Gasteiger partial charge in [0, 0.05) is 7.05 Å². The summed E-state index contributed by atoms with van der Waals surface area (Å²) in [6.45, 7) is 3.84. The summed E-state index contributed by atoms with van der Waals surface area (Å²) >= 11 is 3.19. The number of carbonyl (C=O) groups is 1. The van der Waals surface area contributed by atoms with Crippen LogP contribution in [0.1, 0.15) is 35.8 Å². The molecule has 0 unspecified atom stereocenters. The second kappa shape index (κ2) is 3.49. The first-order valence-corrected chi connectivity index (χ1v) is 4.70. The summed E-state index contributed by atoms with van der Waals surface area (Å²) < 4.78 is 2.04. The number of aromatic carboxylic acids is 1. The lowest BCUT2D eigenvalue weighted by Crippen LogP contribution is -2.02. The maximum Gasteiger partial charge on any atom is 0.340 e. The molecule has 0 aliphatic carbocycles. The summed E-state index contributed by atoms with van der Waals surface area (Å²) in [7, 11) is 1.71. The predicted octanol–water partition coefficient (Wildman–Crippen LogP) is 2.00. The third-order valence-electron chi connectivity index (χ3n) is 1.77. The van der Waals surface area contributed by atoms with Crippen molar-refractivity contribution in [2.45, 2.75) is 19.8 Å². The van der Waals surface area contributed by atoms with Crippen molar-refractivity contribution in [3.8, 4) is 0 Å². The Morgan fingerprint density at radius 2 is 2.15 bits per heavy atom. The minimum Gasteiger partial charge on any atom is -0.478 e. The van der Waals surface area contributed by atoms with E-state index in [2.05, 4.69) is 21.0 Å². The van der Waals surface area contributed by atoms with Crippen molar-refractivity contribution in [3.05, 3.63) is 15.9 Å². The quantitative estimate of drug-likeness (QED) is 0.869. The van der Waals surface area contributed by atoms with Gasteiger partial charge in [0.1, 0.15) is 10.2 Å². The van der Waals surface area contributed by atoms with E-state index in [0.717, 1.165) is 0 Å². The van der Waals surface area contributed by atoms with Crippen LogP contribution >= 0.6 is 15.9 Å². The van der Waals surface area contributed by atoms with E-state index in [1.165, 1.54) is 4.68 Å². The van der Waals surface area contributed by atoms with Crippen molar-refractivity contribution in [1.82, 2.24) is 9.78 Å². The van der Waals surface area contributed by atoms with E-state index in [4.69, 9.17) is 5.11 Å². The van der Waals surface area contributed by atoms with E-state index < -0.39 is 5.97 Å². The third kappa shape index (κ3) is 1.75. The highest BCUT2D eigenvalue weighted by Gasteiger charge is 2.21. The standard InChI is InChI=1S/C8H11BrN2O2/c1-4(2)6-5(8(12)13)7(9)11(3)10-6/h4H,1-3H3,(H,12,13). The summed E-state index contributed by atoms with van der Waals surface area (Å²) in [6, 6.07) is 0. The molecule has 5 heteroatoms. The van der Waals surface area contributed by atoms with Gasteiger partial charge in [-0.15, -0.1) is 0 Å². The topological polar surface area (TPSA) is 55.1 Å². The molecule has 72 valence electrons. The largest absolute Gasteiger partial charge is 0.478 e. The SMILES string of the molecule is CC(C)c1nn(C)c(Br)c1C(=O)O. The fourth-order valence-electron chi connectivity index (χ4n) is 1.12. The second-order valence-corrected chi connectivity index (χ2v) is 3.89. The van der Waals surface area contributed by atoms with Crippen molar-refractivity contribution in [2.24, 2.45) is 7.05 Å². The number of hydrogen-bond acceptors (Lipinski definition) is 2. The molecule has 1 aromatic heterocycles. The average Bonchev–Trinajstić information content (AvgIpc) is 2.28. The lowest BCUT2D eigenvalue weighted by Gasteiger charge is -2.00. The van der Waals surface area contributed by atoms with Crippen LogP contribution in [0.15, 0.2) is 4.60 Å². The molecule has 0 saturated carbocycles. The highest BCUT2D eigenvalue weighted by atomic mass is 79.9. The summed E-state index contributed by atoms with van der Waals surface area (Å²) in [5.74, 6) is -0.827. The molecule has 0 aliphatic heterocycles. The molecular weight excluding hydrogens is 236 g/mol. The van der Waals surface area contributed by atoms with Gasteiger partial charge in [0.25, 0.3) is 0 Å². The van der Waals surface area contributed by atoms with Gasteiger partial charge >= 0.3 is 5.97 Å². The monoisotopic (exact) mass is 246 g/mol. The van der Waals surface area contributed by atoms with Gasteiger partial charge in [0.2, 0.25) is 0 Å². The van der Waals surface area contributed by atoms with Gasteiger partial charge in [-0.3, -0.25) is 4.68 Å². The summed E-state index contributed by atoms with van der Waals surface area (Å²) in [4.78, 5) is 10.9. The van der Waals surface area contributed by atoms with Crippen molar-refractivity contribution in [1.29, 1.82) is 0 Å². The Morgan fingerprint density at radius 1 is 1.62 bits per heavy atom. The molecule has 1 rings (SSSR count).